The average Bonchev–Trinajstić information content (AvgIpc) is 2.76. The fourth-order valence-corrected chi connectivity index (χ4v) is 3.29. The Morgan fingerprint density at radius 3 is 2.38 bits per heavy atom. The predicted molar refractivity (Wildman–Crippen MR) is 76.4 cm³/mol. The molecule has 1 atom stereocenters. The lowest BCUT2D eigenvalue weighted by atomic mass is 9.97. The summed E-state index contributed by atoms with van der Waals surface area (Å²) in [5.41, 5.74) is 0.471. The Bertz CT molecular complexity index is 550. The van der Waals surface area contributed by atoms with Gasteiger partial charge < -0.3 is 4.90 Å². The number of carbonyl (C=O) groups excluding carboxylic acids is 2. The van der Waals surface area contributed by atoms with Gasteiger partial charge in [0.1, 0.15) is 5.82 Å². The van der Waals surface area contributed by atoms with Gasteiger partial charge in [-0.15, -0.1) is 0 Å². The third-order valence-electron chi connectivity index (χ3n) is 4.64. The maximum absolute atomic E-state index is 13.0. The molecular weight excluding hydrogens is 271 g/mol. The highest BCUT2D eigenvalue weighted by Gasteiger charge is 2.46. The third kappa shape index (κ3) is 2.70. The van der Waals surface area contributed by atoms with Crippen molar-refractivity contribution in [2.45, 2.75) is 32.2 Å². The van der Waals surface area contributed by atoms with Crippen LogP contribution in [0, 0.1) is 11.7 Å². The molecule has 1 N–H and O–H groups in total. The number of imide groups is 1. The summed E-state index contributed by atoms with van der Waals surface area (Å²) < 4.78 is 13.0. The van der Waals surface area contributed by atoms with Gasteiger partial charge in [0.15, 0.2) is 6.04 Å². The highest BCUT2D eigenvalue weighted by molar-refractivity contribution is 6.21. The van der Waals surface area contributed by atoms with Crippen LogP contribution in [0.1, 0.15) is 26.2 Å². The number of carbonyl (C=O) groups is 2. The zero-order chi connectivity index (χ0) is 15.0. The average molecular weight is 291 g/mol. The molecule has 0 bridgehead atoms. The third-order valence-corrected chi connectivity index (χ3v) is 4.64. The highest BCUT2D eigenvalue weighted by atomic mass is 19.1. The fourth-order valence-electron chi connectivity index (χ4n) is 3.29. The lowest BCUT2D eigenvalue weighted by Crippen LogP contribution is -3.17. The monoisotopic (exact) mass is 291 g/mol. The zero-order valence-corrected chi connectivity index (χ0v) is 12.1. The van der Waals surface area contributed by atoms with Crippen molar-refractivity contribution < 1.29 is 18.9 Å². The van der Waals surface area contributed by atoms with E-state index in [4.69, 9.17) is 0 Å². The summed E-state index contributed by atoms with van der Waals surface area (Å²) >= 11 is 0. The second kappa shape index (κ2) is 5.56. The van der Waals surface area contributed by atoms with E-state index in [2.05, 4.69) is 6.92 Å². The minimum Gasteiger partial charge on any atom is -0.324 e. The predicted octanol–water partition coefficient (Wildman–Crippen LogP) is 0.772. The number of piperidine rings is 1. The molecule has 1 unspecified atom stereocenters. The van der Waals surface area contributed by atoms with E-state index in [1.54, 1.807) is 0 Å². The van der Waals surface area contributed by atoms with E-state index in [0.717, 1.165) is 25.9 Å². The van der Waals surface area contributed by atoms with Crippen LogP contribution in [0.4, 0.5) is 10.1 Å². The summed E-state index contributed by atoms with van der Waals surface area (Å²) in [7, 11) is 0. The number of halogens is 1. The van der Waals surface area contributed by atoms with Crippen molar-refractivity contribution in [2.24, 2.45) is 5.92 Å². The number of nitrogens with one attached hydrogen (secondary N) is 1. The van der Waals surface area contributed by atoms with Crippen LogP contribution in [0.5, 0.6) is 0 Å². The number of rotatable bonds is 2. The van der Waals surface area contributed by atoms with E-state index in [0.29, 0.717) is 11.6 Å². The Hall–Kier alpha value is -1.75. The van der Waals surface area contributed by atoms with Gasteiger partial charge in [0.2, 0.25) is 5.91 Å². The maximum atomic E-state index is 13.0. The van der Waals surface area contributed by atoms with Gasteiger partial charge in [-0.3, -0.25) is 9.59 Å². The van der Waals surface area contributed by atoms with Crippen LogP contribution in [-0.4, -0.2) is 30.9 Å². The molecule has 1 aromatic rings. The van der Waals surface area contributed by atoms with Gasteiger partial charge >= 0.3 is 0 Å². The van der Waals surface area contributed by atoms with E-state index < -0.39 is 0 Å². The van der Waals surface area contributed by atoms with Gasteiger partial charge in [-0.1, -0.05) is 6.92 Å². The molecule has 0 spiro atoms. The molecule has 2 aliphatic heterocycles. The Balaban J connectivity index is 1.77. The summed E-state index contributed by atoms with van der Waals surface area (Å²) in [6.45, 7) is 4.12. The molecule has 2 aliphatic rings. The first-order valence-electron chi connectivity index (χ1n) is 7.53. The van der Waals surface area contributed by atoms with Crippen molar-refractivity contribution >= 4 is 17.5 Å². The number of hydrogen-bond donors (Lipinski definition) is 1. The van der Waals surface area contributed by atoms with Crippen LogP contribution in [0.2, 0.25) is 0 Å². The highest BCUT2D eigenvalue weighted by Crippen LogP contribution is 2.22. The Morgan fingerprint density at radius 1 is 1.14 bits per heavy atom. The normalized spacial score (nSPS) is 30.0. The zero-order valence-electron chi connectivity index (χ0n) is 12.1. The van der Waals surface area contributed by atoms with Crippen molar-refractivity contribution in [1.29, 1.82) is 0 Å². The molecule has 0 aromatic heterocycles. The molecule has 2 heterocycles. The van der Waals surface area contributed by atoms with Gasteiger partial charge in [0, 0.05) is 0 Å². The first-order valence-corrected chi connectivity index (χ1v) is 7.53. The molecule has 112 valence electrons. The van der Waals surface area contributed by atoms with Gasteiger partial charge in [-0.2, -0.15) is 0 Å². The summed E-state index contributed by atoms with van der Waals surface area (Å²) in [5.74, 6) is 0.0121. The van der Waals surface area contributed by atoms with Crippen molar-refractivity contribution in [3.63, 3.8) is 0 Å². The van der Waals surface area contributed by atoms with E-state index in [9.17, 15) is 14.0 Å². The molecular formula is C16H20FN2O2+. The molecule has 2 fully saturated rings. The number of benzene rings is 1. The molecule has 4 nitrogen and oxygen atoms in total. The molecule has 3 rings (SSSR count). The SMILES string of the molecule is CC1CC[NH+](C2CC(=O)N(c3ccc(F)cc3)C2=O)CC1. The molecule has 0 radical (unpaired) electrons. The Labute approximate surface area is 123 Å². The lowest BCUT2D eigenvalue weighted by Gasteiger charge is -2.30. The molecule has 1 aromatic carbocycles. The molecule has 2 amide bonds. The number of likely N-dealkylation sites (tertiary alicyclic amines) is 1. The van der Waals surface area contributed by atoms with Crippen LogP contribution in [-0.2, 0) is 9.59 Å². The number of anilines is 1. The van der Waals surface area contributed by atoms with Crippen LogP contribution >= 0.6 is 0 Å². The number of quaternary nitrogens is 1. The van der Waals surface area contributed by atoms with E-state index in [-0.39, 0.29) is 30.1 Å². The first kappa shape index (κ1) is 14.2. The standard InChI is InChI=1S/C16H19FN2O2/c1-11-6-8-18(9-7-11)14-10-15(20)19(16(14)21)13-4-2-12(17)3-5-13/h2-5,11,14H,6-10H2,1H3/p+1. The number of amides is 2. The van der Waals surface area contributed by atoms with Gasteiger partial charge in [-0.25, -0.2) is 9.29 Å². The van der Waals surface area contributed by atoms with Gasteiger partial charge in [-0.05, 0) is 43.0 Å². The lowest BCUT2D eigenvalue weighted by molar-refractivity contribution is -0.920. The maximum Gasteiger partial charge on any atom is 0.292 e. The minimum atomic E-state index is -0.370. The smallest absolute Gasteiger partial charge is 0.292 e. The summed E-state index contributed by atoms with van der Waals surface area (Å²) in [5, 5.41) is 0. The fraction of sp³-hybridized carbons (Fsp3) is 0.500. The Morgan fingerprint density at radius 2 is 1.76 bits per heavy atom. The van der Waals surface area contributed by atoms with Gasteiger partial charge in [0.25, 0.3) is 5.91 Å². The molecule has 0 aliphatic carbocycles. The minimum absolute atomic E-state index is 0.142. The second-order valence-electron chi connectivity index (χ2n) is 6.14. The van der Waals surface area contributed by atoms with Crippen molar-refractivity contribution in [2.75, 3.05) is 18.0 Å². The molecule has 21 heavy (non-hydrogen) atoms. The number of hydrogen-bond acceptors (Lipinski definition) is 2. The molecule has 0 saturated carbocycles. The van der Waals surface area contributed by atoms with Crippen LogP contribution in [0.15, 0.2) is 24.3 Å². The van der Waals surface area contributed by atoms with Crippen LogP contribution < -0.4 is 9.80 Å². The van der Waals surface area contributed by atoms with Crippen molar-refractivity contribution in [1.82, 2.24) is 0 Å². The summed E-state index contributed by atoms with van der Waals surface area (Å²) in [4.78, 5) is 27.2. The van der Waals surface area contributed by atoms with E-state index in [1.807, 2.05) is 0 Å². The molecule has 5 heteroatoms. The van der Waals surface area contributed by atoms with Crippen molar-refractivity contribution in [3.8, 4) is 0 Å². The Kier molecular flexibility index (Phi) is 3.76. The topological polar surface area (TPSA) is 41.8 Å². The van der Waals surface area contributed by atoms with E-state index in [1.165, 1.54) is 34.1 Å². The largest absolute Gasteiger partial charge is 0.324 e. The van der Waals surface area contributed by atoms with Crippen LogP contribution in [0.25, 0.3) is 0 Å². The van der Waals surface area contributed by atoms with Crippen molar-refractivity contribution in [3.05, 3.63) is 30.1 Å². The second-order valence-corrected chi connectivity index (χ2v) is 6.14. The summed E-state index contributed by atoms with van der Waals surface area (Å²) in [6, 6.07) is 5.26. The summed E-state index contributed by atoms with van der Waals surface area (Å²) in [6.07, 6.45) is 2.47. The first-order chi connectivity index (χ1) is 10.1. The van der Waals surface area contributed by atoms with Crippen LogP contribution in [0.3, 0.4) is 0 Å². The molecule has 2 saturated heterocycles. The van der Waals surface area contributed by atoms with E-state index >= 15 is 0 Å². The van der Waals surface area contributed by atoms with Gasteiger partial charge in [0.05, 0.1) is 25.2 Å². The quantitative estimate of drug-likeness (QED) is 0.818. The number of nitrogens with zero attached hydrogens (tertiary/aromatic N) is 1.